The third-order valence-electron chi connectivity index (χ3n) is 5.26. The molecule has 1 aliphatic heterocycles. The van der Waals surface area contributed by atoms with E-state index in [0.29, 0.717) is 0 Å². The van der Waals surface area contributed by atoms with Gasteiger partial charge in [-0.1, -0.05) is 48.5 Å². The van der Waals surface area contributed by atoms with Gasteiger partial charge in [0.05, 0.1) is 7.11 Å². The Balaban J connectivity index is 1.48. The van der Waals surface area contributed by atoms with Crippen LogP contribution >= 0.6 is 0 Å². The van der Waals surface area contributed by atoms with Crippen LogP contribution in [0.4, 0.5) is 0 Å². The minimum Gasteiger partial charge on any atom is -0.497 e. The summed E-state index contributed by atoms with van der Waals surface area (Å²) in [5.41, 5.74) is 4.05. The lowest BCUT2D eigenvalue weighted by molar-refractivity contribution is 0.200. The lowest BCUT2D eigenvalue weighted by atomic mass is 9.90. The molecular weight excluding hydrogens is 306 g/mol. The van der Waals surface area contributed by atoms with Crippen LogP contribution in [0.1, 0.15) is 30.9 Å². The molecule has 1 saturated heterocycles. The predicted octanol–water partition coefficient (Wildman–Crippen LogP) is 5.05. The van der Waals surface area contributed by atoms with Gasteiger partial charge >= 0.3 is 0 Å². The third-order valence-corrected chi connectivity index (χ3v) is 5.26. The Morgan fingerprint density at radius 2 is 1.84 bits per heavy atom. The largest absolute Gasteiger partial charge is 0.497 e. The van der Waals surface area contributed by atoms with Gasteiger partial charge < -0.3 is 4.74 Å². The van der Waals surface area contributed by atoms with Gasteiger partial charge in [-0.2, -0.15) is 0 Å². The van der Waals surface area contributed by atoms with E-state index in [1.54, 1.807) is 7.11 Å². The topological polar surface area (TPSA) is 12.5 Å². The molecule has 2 heteroatoms. The number of ether oxygens (including phenoxy) is 1. The Bertz CT molecular complexity index is 684. The van der Waals surface area contributed by atoms with E-state index in [1.807, 2.05) is 6.07 Å². The molecule has 0 N–H and O–H groups in total. The molecule has 1 fully saturated rings. The zero-order valence-electron chi connectivity index (χ0n) is 15.4. The average Bonchev–Trinajstić information content (AvgIpc) is 2.68. The molecule has 0 unspecified atom stereocenters. The van der Waals surface area contributed by atoms with Crippen molar-refractivity contribution in [1.29, 1.82) is 0 Å². The number of nitrogens with zero attached hydrogens (tertiary/aromatic N) is 1. The molecule has 2 aromatic rings. The first-order valence-electron chi connectivity index (χ1n) is 9.32. The fourth-order valence-corrected chi connectivity index (χ4v) is 3.57. The molecule has 2 nitrogen and oxygen atoms in total. The standard InChI is InChI=1S/C23H29NO/c1-19(22-9-6-10-23(18-22)25-2)11-14-24-15-12-21(13-16-24)17-20-7-4-3-5-8-20/h3-11,18,21H,12-17H2,1-2H3/b19-11+. The van der Waals surface area contributed by atoms with E-state index in [-0.39, 0.29) is 0 Å². The summed E-state index contributed by atoms with van der Waals surface area (Å²) in [7, 11) is 1.72. The second kappa shape index (κ2) is 8.87. The fraction of sp³-hybridized carbons (Fsp3) is 0.391. The van der Waals surface area contributed by atoms with Gasteiger partial charge in [0.1, 0.15) is 5.75 Å². The van der Waals surface area contributed by atoms with Gasteiger partial charge in [-0.15, -0.1) is 0 Å². The summed E-state index contributed by atoms with van der Waals surface area (Å²) in [5.74, 6) is 1.76. The zero-order chi connectivity index (χ0) is 17.5. The maximum Gasteiger partial charge on any atom is 0.119 e. The highest BCUT2D eigenvalue weighted by Crippen LogP contribution is 2.23. The fourth-order valence-electron chi connectivity index (χ4n) is 3.57. The highest BCUT2D eigenvalue weighted by Gasteiger charge is 2.18. The van der Waals surface area contributed by atoms with Crippen LogP contribution in [-0.2, 0) is 6.42 Å². The Labute approximate surface area is 152 Å². The van der Waals surface area contributed by atoms with Gasteiger partial charge in [0, 0.05) is 6.54 Å². The smallest absolute Gasteiger partial charge is 0.119 e. The first kappa shape index (κ1) is 17.8. The van der Waals surface area contributed by atoms with Crippen LogP contribution in [-0.4, -0.2) is 31.6 Å². The molecular formula is C23H29NO. The molecule has 1 heterocycles. The van der Waals surface area contributed by atoms with Crippen molar-refractivity contribution in [2.75, 3.05) is 26.7 Å². The highest BCUT2D eigenvalue weighted by atomic mass is 16.5. The Morgan fingerprint density at radius 3 is 2.56 bits per heavy atom. The summed E-state index contributed by atoms with van der Waals surface area (Å²) in [6, 6.07) is 19.2. The number of hydrogen-bond acceptors (Lipinski definition) is 2. The number of allylic oxidation sites excluding steroid dienone is 1. The summed E-state index contributed by atoms with van der Waals surface area (Å²) in [6.07, 6.45) is 6.20. The molecule has 0 bridgehead atoms. The maximum absolute atomic E-state index is 5.32. The van der Waals surface area contributed by atoms with Gasteiger partial charge in [0.25, 0.3) is 0 Å². The molecule has 25 heavy (non-hydrogen) atoms. The molecule has 2 aromatic carbocycles. The molecule has 0 radical (unpaired) electrons. The molecule has 0 spiro atoms. The van der Waals surface area contributed by atoms with Crippen LogP contribution in [0.2, 0.25) is 0 Å². The first-order valence-corrected chi connectivity index (χ1v) is 9.32. The zero-order valence-corrected chi connectivity index (χ0v) is 15.4. The van der Waals surface area contributed by atoms with Crippen molar-refractivity contribution in [2.45, 2.75) is 26.2 Å². The van der Waals surface area contributed by atoms with Crippen molar-refractivity contribution in [3.05, 3.63) is 71.8 Å². The lowest BCUT2D eigenvalue weighted by Gasteiger charge is -2.31. The quantitative estimate of drug-likeness (QED) is 0.732. The second-order valence-corrected chi connectivity index (χ2v) is 7.05. The monoisotopic (exact) mass is 335 g/mol. The van der Waals surface area contributed by atoms with Crippen molar-refractivity contribution in [3.63, 3.8) is 0 Å². The maximum atomic E-state index is 5.32. The molecule has 3 rings (SSSR count). The van der Waals surface area contributed by atoms with Crippen LogP contribution in [0.3, 0.4) is 0 Å². The van der Waals surface area contributed by atoms with Gasteiger partial charge in [0.15, 0.2) is 0 Å². The van der Waals surface area contributed by atoms with Crippen molar-refractivity contribution >= 4 is 5.57 Å². The minimum atomic E-state index is 0.835. The van der Waals surface area contributed by atoms with Gasteiger partial charge in [0.2, 0.25) is 0 Å². The van der Waals surface area contributed by atoms with E-state index in [4.69, 9.17) is 4.74 Å². The van der Waals surface area contributed by atoms with E-state index in [9.17, 15) is 0 Å². The molecule has 0 aromatic heterocycles. The predicted molar refractivity (Wildman–Crippen MR) is 106 cm³/mol. The van der Waals surface area contributed by atoms with Crippen molar-refractivity contribution in [2.24, 2.45) is 5.92 Å². The van der Waals surface area contributed by atoms with Crippen LogP contribution in [0.25, 0.3) is 5.57 Å². The summed E-state index contributed by atoms with van der Waals surface area (Å²) >= 11 is 0. The number of likely N-dealkylation sites (tertiary alicyclic amines) is 1. The first-order chi connectivity index (χ1) is 12.2. The molecule has 1 aliphatic rings. The number of methoxy groups -OCH3 is 1. The van der Waals surface area contributed by atoms with Crippen molar-refractivity contribution in [1.82, 2.24) is 4.90 Å². The van der Waals surface area contributed by atoms with Crippen LogP contribution in [0, 0.1) is 5.92 Å². The van der Waals surface area contributed by atoms with Gasteiger partial charge in [-0.05, 0) is 74.0 Å². The van der Waals surface area contributed by atoms with Crippen molar-refractivity contribution in [3.8, 4) is 5.75 Å². The average molecular weight is 335 g/mol. The van der Waals surface area contributed by atoms with Gasteiger partial charge in [-0.3, -0.25) is 4.90 Å². The number of hydrogen-bond donors (Lipinski definition) is 0. The van der Waals surface area contributed by atoms with Crippen LogP contribution in [0.15, 0.2) is 60.7 Å². The number of benzene rings is 2. The van der Waals surface area contributed by atoms with E-state index >= 15 is 0 Å². The normalized spacial score (nSPS) is 16.8. The number of rotatable bonds is 6. The van der Waals surface area contributed by atoms with Crippen LogP contribution in [0.5, 0.6) is 5.75 Å². The van der Waals surface area contributed by atoms with E-state index < -0.39 is 0 Å². The summed E-state index contributed by atoms with van der Waals surface area (Å²) < 4.78 is 5.32. The molecule has 0 atom stereocenters. The van der Waals surface area contributed by atoms with Gasteiger partial charge in [-0.25, -0.2) is 0 Å². The number of piperidine rings is 1. The van der Waals surface area contributed by atoms with E-state index in [2.05, 4.69) is 66.4 Å². The Morgan fingerprint density at radius 1 is 1.08 bits per heavy atom. The molecule has 0 amide bonds. The Kier molecular flexibility index (Phi) is 6.30. The summed E-state index contributed by atoms with van der Waals surface area (Å²) in [6.45, 7) is 5.65. The lowest BCUT2D eigenvalue weighted by Crippen LogP contribution is -2.34. The summed E-state index contributed by atoms with van der Waals surface area (Å²) in [4.78, 5) is 2.57. The van der Waals surface area contributed by atoms with E-state index in [0.717, 1.165) is 18.2 Å². The molecule has 0 saturated carbocycles. The van der Waals surface area contributed by atoms with Crippen molar-refractivity contribution < 1.29 is 4.74 Å². The van der Waals surface area contributed by atoms with Crippen LogP contribution < -0.4 is 4.74 Å². The summed E-state index contributed by atoms with van der Waals surface area (Å²) in [5, 5.41) is 0. The van der Waals surface area contributed by atoms with E-state index in [1.165, 1.54) is 49.1 Å². The minimum absolute atomic E-state index is 0.835. The SMILES string of the molecule is COc1cccc(/C(C)=C/CN2CCC(Cc3ccccc3)CC2)c1. The third kappa shape index (κ3) is 5.20. The molecule has 132 valence electrons. The molecule has 0 aliphatic carbocycles. The second-order valence-electron chi connectivity index (χ2n) is 7.05. The Hall–Kier alpha value is -2.06. The highest BCUT2D eigenvalue weighted by molar-refractivity contribution is 5.65.